The fraction of sp³-hybridized carbons (Fsp3) is 0.0833. The quantitative estimate of drug-likeness (QED) is 0.688. The Kier molecular flexibility index (Phi) is 2.96. The highest BCUT2D eigenvalue weighted by Gasteiger charge is 2.13. The summed E-state index contributed by atoms with van der Waals surface area (Å²) >= 11 is -2.03. The minimum atomic E-state index is -2.03. The van der Waals surface area contributed by atoms with E-state index in [-0.39, 0.29) is 5.82 Å². The molecule has 0 aliphatic carbocycles. The number of benzene rings is 1. The fourth-order valence-corrected chi connectivity index (χ4v) is 2.41. The Hall–Kier alpha value is -2.32. The van der Waals surface area contributed by atoms with Gasteiger partial charge in [-0.2, -0.15) is 5.10 Å². The molecular weight excluding hydrogens is 278 g/mol. The average molecular weight is 289 g/mol. The highest BCUT2D eigenvalue weighted by Crippen LogP contribution is 2.26. The van der Waals surface area contributed by atoms with Crippen molar-refractivity contribution in [3.63, 3.8) is 0 Å². The van der Waals surface area contributed by atoms with Crippen molar-refractivity contribution >= 4 is 22.5 Å². The Morgan fingerprint density at radius 2 is 2.15 bits per heavy atom. The van der Waals surface area contributed by atoms with E-state index in [4.69, 9.17) is 5.73 Å². The van der Waals surface area contributed by atoms with Gasteiger partial charge in [-0.15, -0.1) is 0 Å². The Bertz CT molecular complexity index is 830. The summed E-state index contributed by atoms with van der Waals surface area (Å²) in [7, 11) is 0. The van der Waals surface area contributed by atoms with Gasteiger partial charge in [0.2, 0.25) is 0 Å². The number of aromatic nitrogens is 4. The van der Waals surface area contributed by atoms with E-state index in [1.165, 1.54) is 6.33 Å². The van der Waals surface area contributed by atoms with E-state index in [0.29, 0.717) is 16.2 Å². The zero-order valence-electron chi connectivity index (χ0n) is 10.5. The van der Waals surface area contributed by atoms with Crippen molar-refractivity contribution in [2.45, 2.75) is 11.8 Å². The average Bonchev–Trinajstić information content (AvgIpc) is 2.84. The van der Waals surface area contributed by atoms with Gasteiger partial charge in [0.1, 0.15) is 6.33 Å². The van der Waals surface area contributed by atoms with Crippen LogP contribution in [0.5, 0.6) is 0 Å². The second kappa shape index (κ2) is 4.66. The van der Waals surface area contributed by atoms with Crippen molar-refractivity contribution in [3.8, 4) is 11.3 Å². The number of imidazole rings is 1. The van der Waals surface area contributed by atoms with Crippen LogP contribution in [0.1, 0.15) is 5.56 Å². The highest BCUT2D eigenvalue weighted by molar-refractivity contribution is 7.79. The summed E-state index contributed by atoms with van der Waals surface area (Å²) in [6.45, 7) is 1.91. The summed E-state index contributed by atoms with van der Waals surface area (Å²) in [5.74, 6) is 0.283. The number of rotatable bonds is 2. The topological polar surface area (TPSA) is 106 Å². The molecule has 0 spiro atoms. The van der Waals surface area contributed by atoms with Gasteiger partial charge in [-0.25, -0.2) is 18.7 Å². The molecule has 0 fully saturated rings. The van der Waals surface area contributed by atoms with Crippen molar-refractivity contribution in [3.05, 3.63) is 36.3 Å². The molecule has 3 aromatic rings. The first-order valence-corrected chi connectivity index (χ1v) is 6.84. The van der Waals surface area contributed by atoms with E-state index in [2.05, 4.69) is 15.1 Å². The molecule has 2 heterocycles. The molecule has 1 atom stereocenters. The molecule has 0 bridgehead atoms. The summed E-state index contributed by atoms with van der Waals surface area (Å²) in [5, 5.41) is 4.12. The summed E-state index contributed by atoms with van der Waals surface area (Å²) in [6.07, 6.45) is 2.96. The lowest BCUT2D eigenvalue weighted by molar-refractivity contribution is 0.564. The van der Waals surface area contributed by atoms with Gasteiger partial charge in [-0.3, -0.25) is 0 Å². The van der Waals surface area contributed by atoms with E-state index < -0.39 is 11.1 Å². The number of nitrogens with two attached hydrogens (primary N) is 1. The molecule has 2 aromatic heterocycles. The molecule has 20 heavy (non-hydrogen) atoms. The van der Waals surface area contributed by atoms with Crippen LogP contribution in [0, 0.1) is 6.92 Å². The summed E-state index contributed by atoms with van der Waals surface area (Å²) in [5.41, 5.74) is 8.61. The Morgan fingerprint density at radius 1 is 1.35 bits per heavy atom. The third-order valence-electron chi connectivity index (χ3n) is 3.02. The maximum absolute atomic E-state index is 11.2. The van der Waals surface area contributed by atoms with Crippen molar-refractivity contribution in [2.24, 2.45) is 0 Å². The van der Waals surface area contributed by atoms with E-state index in [0.717, 1.165) is 11.1 Å². The molecule has 0 radical (unpaired) electrons. The molecule has 1 aromatic carbocycles. The van der Waals surface area contributed by atoms with Crippen LogP contribution < -0.4 is 5.73 Å². The van der Waals surface area contributed by atoms with E-state index in [1.807, 2.05) is 6.92 Å². The molecule has 1 unspecified atom stereocenters. The van der Waals surface area contributed by atoms with Gasteiger partial charge in [0.25, 0.3) is 0 Å². The van der Waals surface area contributed by atoms with Crippen LogP contribution in [-0.2, 0) is 11.1 Å². The fourth-order valence-electron chi connectivity index (χ4n) is 2.00. The molecule has 0 aliphatic rings. The lowest BCUT2D eigenvalue weighted by Gasteiger charge is -2.06. The predicted octanol–water partition coefficient (Wildman–Crippen LogP) is 1.26. The van der Waals surface area contributed by atoms with Crippen LogP contribution in [0.15, 0.2) is 35.6 Å². The maximum Gasteiger partial charge on any atom is 0.197 e. The first-order chi connectivity index (χ1) is 9.58. The number of fused-ring (bicyclic) bond motifs is 1. The lowest BCUT2D eigenvalue weighted by Crippen LogP contribution is -2.01. The Morgan fingerprint density at radius 3 is 2.90 bits per heavy atom. The van der Waals surface area contributed by atoms with Crippen LogP contribution in [0.2, 0.25) is 0 Å². The van der Waals surface area contributed by atoms with E-state index in [1.54, 1.807) is 28.9 Å². The van der Waals surface area contributed by atoms with Crippen LogP contribution in [-0.4, -0.2) is 28.3 Å². The van der Waals surface area contributed by atoms with Gasteiger partial charge in [0.15, 0.2) is 22.5 Å². The predicted molar refractivity (Wildman–Crippen MR) is 74.4 cm³/mol. The number of aryl methyl sites for hydroxylation is 1. The lowest BCUT2D eigenvalue weighted by atomic mass is 10.1. The molecule has 0 saturated heterocycles. The van der Waals surface area contributed by atoms with Crippen LogP contribution in [0.25, 0.3) is 16.9 Å². The van der Waals surface area contributed by atoms with Crippen molar-refractivity contribution in [1.82, 2.24) is 19.6 Å². The molecule has 7 nitrogen and oxygen atoms in total. The minimum absolute atomic E-state index is 0.283. The summed E-state index contributed by atoms with van der Waals surface area (Å²) in [6, 6.07) is 5.04. The number of anilines is 1. The molecule has 0 saturated carbocycles. The normalized spacial score (nSPS) is 12.7. The number of nitrogens with zero attached hydrogens (tertiary/aromatic N) is 4. The number of hydrogen-bond donors (Lipinski definition) is 2. The molecular formula is C12H11N5O2S. The molecule has 3 N–H and O–H groups in total. The molecule has 0 amide bonds. The van der Waals surface area contributed by atoms with Gasteiger partial charge >= 0.3 is 0 Å². The van der Waals surface area contributed by atoms with Gasteiger partial charge in [-0.05, 0) is 24.6 Å². The third kappa shape index (κ3) is 1.95. The second-order valence-electron chi connectivity index (χ2n) is 4.25. The van der Waals surface area contributed by atoms with Gasteiger partial charge in [0, 0.05) is 5.56 Å². The zero-order valence-corrected chi connectivity index (χ0v) is 11.3. The van der Waals surface area contributed by atoms with Gasteiger partial charge in [0.05, 0.1) is 16.8 Å². The first kappa shape index (κ1) is 12.7. The van der Waals surface area contributed by atoms with Crippen LogP contribution in [0.3, 0.4) is 0 Å². The third-order valence-corrected chi connectivity index (χ3v) is 3.67. The molecule has 8 heteroatoms. The van der Waals surface area contributed by atoms with Crippen LogP contribution in [0.4, 0.5) is 5.82 Å². The minimum Gasteiger partial charge on any atom is -0.381 e. The van der Waals surface area contributed by atoms with E-state index >= 15 is 0 Å². The SMILES string of the molecule is Cc1ccc(S(=O)O)cc1-c1cnc2c(N)ncnn12. The first-order valence-electron chi connectivity index (χ1n) is 5.74. The van der Waals surface area contributed by atoms with Crippen LogP contribution >= 0.6 is 0 Å². The monoisotopic (exact) mass is 289 g/mol. The zero-order chi connectivity index (χ0) is 14.3. The van der Waals surface area contributed by atoms with Crippen molar-refractivity contribution < 1.29 is 8.76 Å². The van der Waals surface area contributed by atoms with Crippen molar-refractivity contribution in [1.29, 1.82) is 0 Å². The van der Waals surface area contributed by atoms with Gasteiger partial charge < -0.3 is 10.3 Å². The maximum atomic E-state index is 11.2. The molecule has 102 valence electrons. The second-order valence-corrected chi connectivity index (χ2v) is 5.22. The molecule has 3 rings (SSSR count). The largest absolute Gasteiger partial charge is 0.381 e. The van der Waals surface area contributed by atoms with Gasteiger partial charge in [-0.1, -0.05) is 6.07 Å². The van der Waals surface area contributed by atoms with E-state index in [9.17, 15) is 8.76 Å². The van der Waals surface area contributed by atoms with Crippen molar-refractivity contribution in [2.75, 3.05) is 5.73 Å². The Balaban J connectivity index is 2.28. The smallest absolute Gasteiger partial charge is 0.197 e. The number of nitrogen functional groups attached to an aromatic ring is 1. The highest BCUT2D eigenvalue weighted by atomic mass is 32.2. The summed E-state index contributed by atoms with van der Waals surface area (Å²) in [4.78, 5) is 8.38. The Labute approximate surface area is 116 Å². The number of hydrogen-bond acceptors (Lipinski definition) is 5. The molecule has 0 aliphatic heterocycles. The standard InChI is InChI=1S/C12H11N5O2S/c1-7-2-3-8(20(18)19)4-9(7)10-5-14-12-11(13)15-6-16-17(10)12/h2-6H,1H3,(H,18,19)(H2,13,15,16). The summed E-state index contributed by atoms with van der Waals surface area (Å²) < 4.78 is 22.0.